The van der Waals surface area contributed by atoms with Crippen molar-refractivity contribution < 1.29 is 9.53 Å². The lowest BCUT2D eigenvalue weighted by Crippen LogP contribution is -2.29. The Balaban J connectivity index is 1.51. The minimum Gasteiger partial charge on any atom is -0.494 e. The molecule has 0 spiro atoms. The Bertz CT molecular complexity index is 500. The van der Waals surface area contributed by atoms with Crippen molar-refractivity contribution in [2.75, 3.05) is 26.2 Å². The van der Waals surface area contributed by atoms with E-state index in [0.29, 0.717) is 19.6 Å². The van der Waals surface area contributed by atoms with Crippen LogP contribution in [0.25, 0.3) is 0 Å². The number of carbonyl (C=O) groups is 1. The van der Waals surface area contributed by atoms with Gasteiger partial charge in [-0.25, -0.2) is 0 Å². The predicted octanol–water partition coefficient (Wildman–Crippen LogP) is 3.03. The maximum Gasteiger partial charge on any atom is 0.220 e. The van der Waals surface area contributed by atoms with Gasteiger partial charge in [-0.05, 0) is 50.1 Å². The fourth-order valence-electron chi connectivity index (χ4n) is 2.24. The summed E-state index contributed by atoms with van der Waals surface area (Å²) in [5.74, 6) is 0.994. The van der Waals surface area contributed by atoms with E-state index < -0.39 is 0 Å². The molecular formula is C17H23BrN2O2. The van der Waals surface area contributed by atoms with Crippen LogP contribution in [-0.2, 0) is 4.79 Å². The van der Waals surface area contributed by atoms with Gasteiger partial charge in [0.2, 0.25) is 5.91 Å². The molecule has 0 saturated carbocycles. The van der Waals surface area contributed by atoms with Gasteiger partial charge in [0.05, 0.1) is 6.61 Å². The molecule has 4 nitrogen and oxygen atoms in total. The van der Waals surface area contributed by atoms with E-state index in [4.69, 9.17) is 4.74 Å². The Labute approximate surface area is 140 Å². The molecule has 1 aliphatic heterocycles. The first-order valence-electron chi connectivity index (χ1n) is 7.78. The number of carbonyl (C=O) groups excluding carboxylic acids is 1. The summed E-state index contributed by atoms with van der Waals surface area (Å²) in [6.07, 6.45) is 5.49. The van der Waals surface area contributed by atoms with Gasteiger partial charge in [-0.3, -0.25) is 4.79 Å². The molecule has 0 radical (unpaired) electrons. The highest BCUT2D eigenvalue weighted by Crippen LogP contribution is 2.16. The average Bonchev–Trinajstić information content (AvgIpc) is 2.55. The van der Waals surface area contributed by atoms with E-state index in [1.165, 1.54) is 5.57 Å². The third kappa shape index (κ3) is 6.62. The molecule has 2 N–H and O–H groups in total. The Kier molecular flexibility index (Phi) is 7.46. The third-order valence-corrected chi connectivity index (χ3v) is 4.08. The van der Waals surface area contributed by atoms with Gasteiger partial charge in [-0.2, -0.15) is 0 Å². The van der Waals surface area contributed by atoms with Crippen molar-refractivity contribution in [1.29, 1.82) is 0 Å². The van der Waals surface area contributed by atoms with Crippen molar-refractivity contribution in [2.24, 2.45) is 0 Å². The van der Waals surface area contributed by atoms with E-state index >= 15 is 0 Å². The Morgan fingerprint density at radius 2 is 2.09 bits per heavy atom. The summed E-state index contributed by atoms with van der Waals surface area (Å²) < 4.78 is 6.67. The van der Waals surface area contributed by atoms with Crippen LogP contribution in [0.5, 0.6) is 5.75 Å². The molecule has 1 aromatic rings. The van der Waals surface area contributed by atoms with Gasteiger partial charge in [0.25, 0.3) is 0 Å². The smallest absolute Gasteiger partial charge is 0.220 e. The molecule has 1 amide bonds. The van der Waals surface area contributed by atoms with Crippen LogP contribution >= 0.6 is 15.9 Å². The summed E-state index contributed by atoms with van der Waals surface area (Å²) in [6, 6.07) is 7.78. The zero-order valence-corrected chi connectivity index (χ0v) is 14.3. The van der Waals surface area contributed by atoms with Crippen LogP contribution in [0, 0.1) is 0 Å². The number of rotatable bonds is 8. The van der Waals surface area contributed by atoms with E-state index in [-0.39, 0.29) is 5.91 Å². The van der Waals surface area contributed by atoms with Crippen molar-refractivity contribution in [2.45, 2.75) is 25.7 Å². The molecule has 1 heterocycles. The molecule has 5 heteroatoms. The minimum atomic E-state index is 0.128. The maximum absolute atomic E-state index is 11.8. The van der Waals surface area contributed by atoms with Gasteiger partial charge >= 0.3 is 0 Å². The fourth-order valence-corrected chi connectivity index (χ4v) is 2.50. The first-order valence-corrected chi connectivity index (χ1v) is 8.57. The molecule has 120 valence electrons. The van der Waals surface area contributed by atoms with Gasteiger partial charge in [0.1, 0.15) is 5.75 Å². The number of amides is 1. The van der Waals surface area contributed by atoms with Crippen LogP contribution < -0.4 is 15.4 Å². The van der Waals surface area contributed by atoms with E-state index in [1.807, 2.05) is 24.3 Å². The van der Waals surface area contributed by atoms with Crippen LogP contribution in [0.2, 0.25) is 0 Å². The van der Waals surface area contributed by atoms with Crippen LogP contribution in [-0.4, -0.2) is 32.1 Å². The SMILES string of the molecule is O=C(CCCCOc1ccc(Br)cc1)NCC1=CCNCC1. The molecule has 2 rings (SSSR count). The number of hydrogen-bond acceptors (Lipinski definition) is 3. The lowest BCUT2D eigenvalue weighted by molar-refractivity contribution is -0.121. The Hall–Kier alpha value is -1.33. The average molecular weight is 367 g/mol. The summed E-state index contributed by atoms with van der Waals surface area (Å²) >= 11 is 3.39. The normalized spacial score (nSPS) is 14.3. The van der Waals surface area contributed by atoms with Crippen LogP contribution in [0.15, 0.2) is 40.4 Å². The van der Waals surface area contributed by atoms with Gasteiger partial charge in [-0.1, -0.05) is 27.6 Å². The number of nitrogens with one attached hydrogen (secondary N) is 2. The zero-order chi connectivity index (χ0) is 15.6. The standard InChI is InChI=1S/C17H23BrN2O2/c18-15-4-6-16(7-5-15)22-12-2-1-3-17(21)20-13-14-8-10-19-11-9-14/h4-8,19H,1-3,9-13H2,(H,20,21). The molecule has 1 aromatic carbocycles. The Morgan fingerprint density at radius 3 is 2.82 bits per heavy atom. The number of halogens is 1. The van der Waals surface area contributed by atoms with Gasteiger partial charge < -0.3 is 15.4 Å². The van der Waals surface area contributed by atoms with Crippen molar-refractivity contribution >= 4 is 21.8 Å². The summed E-state index contributed by atoms with van der Waals surface area (Å²) in [4.78, 5) is 11.8. The number of benzene rings is 1. The lowest BCUT2D eigenvalue weighted by atomic mass is 10.1. The molecular weight excluding hydrogens is 344 g/mol. The minimum absolute atomic E-state index is 0.128. The highest BCUT2D eigenvalue weighted by molar-refractivity contribution is 9.10. The second kappa shape index (κ2) is 9.64. The molecule has 1 aliphatic rings. The predicted molar refractivity (Wildman–Crippen MR) is 92.1 cm³/mol. The topological polar surface area (TPSA) is 50.4 Å². The second-order valence-electron chi connectivity index (χ2n) is 5.35. The Morgan fingerprint density at radius 1 is 1.27 bits per heavy atom. The van der Waals surface area contributed by atoms with Crippen molar-refractivity contribution in [3.05, 3.63) is 40.4 Å². The van der Waals surface area contributed by atoms with Crippen molar-refractivity contribution in [1.82, 2.24) is 10.6 Å². The number of ether oxygens (including phenoxy) is 1. The van der Waals surface area contributed by atoms with Crippen molar-refractivity contribution in [3.8, 4) is 5.75 Å². The summed E-state index contributed by atoms with van der Waals surface area (Å²) in [7, 11) is 0. The fraction of sp³-hybridized carbons (Fsp3) is 0.471. The van der Waals surface area contributed by atoms with Crippen molar-refractivity contribution in [3.63, 3.8) is 0 Å². The van der Waals surface area contributed by atoms with E-state index in [1.54, 1.807) is 0 Å². The van der Waals surface area contributed by atoms with Crippen LogP contribution in [0.1, 0.15) is 25.7 Å². The van der Waals surface area contributed by atoms with E-state index in [9.17, 15) is 4.79 Å². The van der Waals surface area contributed by atoms with Crippen LogP contribution in [0.4, 0.5) is 0 Å². The third-order valence-electron chi connectivity index (χ3n) is 3.55. The van der Waals surface area contributed by atoms with E-state index in [2.05, 4.69) is 32.6 Å². The molecule has 0 aliphatic carbocycles. The molecule has 0 aromatic heterocycles. The molecule has 0 bridgehead atoms. The highest BCUT2D eigenvalue weighted by Gasteiger charge is 2.05. The number of unbranched alkanes of at least 4 members (excludes halogenated alkanes) is 1. The quantitative estimate of drug-likeness (QED) is 0.549. The van der Waals surface area contributed by atoms with Gasteiger partial charge in [0, 0.05) is 24.0 Å². The molecule has 0 unspecified atom stereocenters. The zero-order valence-electron chi connectivity index (χ0n) is 12.7. The van der Waals surface area contributed by atoms with Gasteiger partial charge in [-0.15, -0.1) is 0 Å². The first-order chi connectivity index (χ1) is 10.7. The van der Waals surface area contributed by atoms with Crippen LogP contribution in [0.3, 0.4) is 0 Å². The second-order valence-corrected chi connectivity index (χ2v) is 6.27. The first kappa shape index (κ1) is 17.0. The molecule has 0 atom stereocenters. The summed E-state index contributed by atoms with van der Waals surface area (Å²) in [5.41, 5.74) is 1.32. The summed E-state index contributed by atoms with van der Waals surface area (Å²) in [5, 5.41) is 6.25. The molecule has 0 fully saturated rings. The maximum atomic E-state index is 11.8. The van der Waals surface area contributed by atoms with E-state index in [0.717, 1.165) is 42.6 Å². The highest BCUT2D eigenvalue weighted by atomic mass is 79.9. The largest absolute Gasteiger partial charge is 0.494 e. The molecule has 0 saturated heterocycles. The number of hydrogen-bond donors (Lipinski definition) is 2. The molecule has 22 heavy (non-hydrogen) atoms. The summed E-state index contributed by atoms with van der Waals surface area (Å²) in [6.45, 7) is 3.26. The lowest BCUT2D eigenvalue weighted by Gasteiger charge is -2.14. The van der Waals surface area contributed by atoms with Gasteiger partial charge in [0.15, 0.2) is 0 Å². The monoisotopic (exact) mass is 366 g/mol.